The van der Waals surface area contributed by atoms with Crippen LogP contribution in [0.1, 0.15) is 25.5 Å². The first-order chi connectivity index (χ1) is 9.57. The lowest BCUT2D eigenvalue weighted by Gasteiger charge is -2.27. The molecule has 1 atom stereocenters. The number of sulfonamides is 1. The second-order valence-corrected chi connectivity index (χ2v) is 6.50. The highest BCUT2D eigenvalue weighted by Crippen LogP contribution is 2.26. The Kier molecular flexibility index (Phi) is 4.57. The van der Waals surface area contributed by atoms with Crippen LogP contribution < -0.4 is 0 Å². The van der Waals surface area contributed by atoms with Gasteiger partial charge in [-0.25, -0.2) is 8.42 Å². The average molecular weight is 289 g/mol. The van der Waals surface area contributed by atoms with E-state index in [9.17, 15) is 8.42 Å². The molecule has 2 aromatic carbocycles. The molecule has 0 heterocycles. The summed E-state index contributed by atoms with van der Waals surface area (Å²) in [4.78, 5) is 0.338. The normalized spacial score (nSPS) is 13.3. The largest absolute Gasteiger partial charge is 0.243 e. The zero-order valence-corrected chi connectivity index (χ0v) is 12.5. The van der Waals surface area contributed by atoms with Gasteiger partial charge in [-0.05, 0) is 24.6 Å². The second-order valence-electron chi connectivity index (χ2n) is 4.61. The third kappa shape index (κ3) is 2.92. The maximum absolute atomic E-state index is 12.7. The molecule has 0 aromatic heterocycles. The van der Waals surface area contributed by atoms with Gasteiger partial charge in [-0.2, -0.15) is 4.31 Å². The van der Waals surface area contributed by atoms with E-state index in [2.05, 4.69) is 0 Å². The van der Waals surface area contributed by atoms with Gasteiger partial charge < -0.3 is 0 Å². The van der Waals surface area contributed by atoms with Crippen molar-refractivity contribution in [2.24, 2.45) is 0 Å². The lowest BCUT2D eigenvalue weighted by molar-refractivity contribution is 0.357. The number of benzene rings is 2. The number of rotatable bonds is 5. The van der Waals surface area contributed by atoms with Crippen molar-refractivity contribution in [3.05, 3.63) is 66.2 Å². The molecule has 3 nitrogen and oxygen atoms in total. The number of nitrogens with zero attached hydrogens (tertiary/aromatic N) is 1. The van der Waals surface area contributed by atoms with E-state index >= 15 is 0 Å². The summed E-state index contributed by atoms with van der Waals surface area (Å²) < 4.78 is 26.9. The van der Waals surface area contributed by atoms with Crippen molar-refractivity contribution in [2.75, 3.05) is 6.54 Å². The topological polar surface area (TPSA) is 37.4 Å². The van der Waals surface area contributed by atoms with Crippen LogP contribution >= 0.6 is 0 Å². The standard InChI is InChI=1S/C16H19NO2S/c1-3-17(14(2)15-10-6-4-7-11-15)20(18,19)16-12-8-5-9-13-16/h4-14H,3H2,1-2H3/t14-/m1/s1. The Morgan fingerprint density at radius 2 is 1.45 bits per heavy atom. The zero-order chi connectivity index (χ0) is 14.6. The van der Waals surface area contributed by atoms with Crippen LogP contribution in [-0.2, 0) is 10.0 Å². The first-order valence-electron chi connectivity index (χ1n) is 6.69. The van der Waals surface area contributed by atoms with Gasteiger partial charge in [-0.15, -0.1) is 0 Å². The van der Waals surface area contributed by atoms with Gasteiger partial charge in [0.2, 0.25) is 10.0 Å². The maximum atomic E-state index is 12.7. The van der Waals surface area contributed by atoms with Crippen molar-refractivity contribution in [3.63, 3.8) is 0 Å². The van der Waals surface area contributed by atoms with Crippen LogP contribution in [0.15, 0.2) is 65.6 Å². The Morgan fingerprint density at radius 1 is 0.950 bits per heavy atom. The van der Waals surface area contributed by atoms with Crippen LogP contribution in [0.4, 0.5) is 0 Å². The lowest BCUT2D eigenvalue weighted by atomic mass is 10.1. The summed E-state index contributed by atoms with van der Waals surface area (Å²) in [5.74, 6) is 0. The van der Waals surface area contributed by atoms with Crippen LogP contribution in [0.3, 0.4) is 0 Å². The van der Waals surface area contributed by atoms with Gasteiger partial charge in [0.05, 0.1) is 4.90 Å². The summed E-state index contributed by atoms with van der Waals surface area (Å²) in [5.41, 5.74) is 0.994. The molecule has 0 aliphatic heterocycles. The molecule has 0 radical (unpaired) electrons. The van der Waals surface area contributed by atoms with Crippen molar-refractivity contribution < 1.29 is 8.42 Å². The minimum atomic E-state index is -3.47. The van der Waals surface area contributed by atoms with Crippen LogP contribution in [0.2, 0.25) is 0 Å². The predicted molar refractivity (Wildman–Crippen MR) is 80.9 cm³/mol. The summed E-state index contributed by atoms with van der Waals surface area (Å²) in [6, 6.07) is 18.1. The lowest BCUT2D eigenvalue weighted by Crippen LogP contribution is -2.33. The van der Waals surface area contributed by atoms with Crippen molar-refractivity contribution >= 4 is 10.0 Å². The summed E-state index contributed by atoms with van der Waals surface area (Å²) in [6.45, 7) is 4.21. The van der Waals surface area contributed by atoms with E-state index in [0.29, 0.717) is 11.4 Å². The molecule has 0 amide bonds. The third-order valence-corrected chi connectivity index (χ3v) is 5.44. The van der Waals surface area contributed by atoms with Crippen LogP contribution in [-0.4, -0.2) is 19.3 Å². The number of hydrogen-bond acceptors (Lipinski definition) is 2. The van der Waals surface area contributed by atoms with E-state index in [1.807, 2.05) is 50.2 Å². The summed E-state index contributed by atoms with van der Waals surface area (Å²) in [7, 11) is -3.47. The van der Waals surface area contributed by atoms with E-state index in [1.165, 1.54) is 4.31 Å². The van der Waals surface area contributed by atoms with E-state index in [4.69, 9.17) is 0 Å². The Bertz CT molecular complexity index is 639. The molecule has 2 rings (SSSR count). The smallest absolute Gasteiger partial charge is 0.207 e. The summed E-state index contributed by atoms with van der Waals surface area (Å²) >= 11 is 0. The van der Waals surface area contributed by atoms with Gasteiger partial charge in [0.15, 0.2) is 0 Å². The summed E-state index contributed by atoms with van der Waals surface area (Å²) in [6.07, 6.45) is 0. The fourth-order valence-electron chi connectivity index (χ4n) is 2.28. The second kappa shape index (κ2) is 6.20. The van der Waals surface area contributed by atoms with Gasteiger partial charge in [0.25, 0.3) is 0 Å². The highest BCUT2D eigenvalue weighted by Gasteiger charge is 2.28. The van der Waals surface area contributed by atoms with E-state index < -0.39 is 10.0 Å². The fourth-order valence-corrected chi connectivity index (χ4v) is 3.93. The molecule has 0 aliphatic carbocycles. The first-order valence-corrected chi connectivity index (χ1v) is 8.13. The maximum Gasteiger partial charge on any atom is 0.243 e. The van der Waals surface area contributed by atoms with Gasteiger partial charge in [-0.1, -0.05) is 55.5 Å². The van der Waals surface area contributed by atoms with Crippen molar-refractivity contribution in [2.45, 2.75) is 24.8 Å². The highest BCUT2D eigenvalue weighted by molar-refractivity contribution is 7.89. The Morgan fingerprint density at radius 3 is 1.95 bits per heavy atom. The fraction of sp³-hybridized carbons (Fsp3) is 0.250. The average Bonchev–Trinajstić information content (AvgIpc) is 2.49. The Balaban J connectivity index is 2.38. The minimum absolute atomic E-state index is 0.189. The molecule has 0 unspecified atom stereocenters. The molecule has 0 saturated heterocycles. The van der Waals surface area contributed by atoms with Crippen LogP contribution in [0, 0.1) is 0 Å². The van der Waals surface area contributed by atoms with Gasteiger partial charge in [-0.3, -0.25) is 0 Å². The molecule has 20 heavy (non-hydrogen) atoms. The van der Waals surface area contributed by atoms with E-state index in [-0.39, 0.29) is 6.04 Å². The Hall–Kier alpha value is -1.65. The van der Waals surface area contributed by atoms with Gasteiger partial charge in [0.1, 0.15) is 0 Å². The molecule has 0 fully saturated rings. The van der Waals surface area contributed by atoms with Crippen molar-refractivity contribution in [1.82, 2.24) is 4.31 Å². The quantitative estimate of drug-likeness (QED) is 0.845. The molecule has 0 saturated carbocycles. The van der Waals surface area contributed by atoms with Crippen LogP contribution in [0.5, 0.6) is 0 Å². The van der Waals surface area contributed by atoms with Crippen molar-refractivity contribution in [3.8, 4) is 0 Å². The monoisotopic (exact) mass is 289 g/mol. The molecule has 0 aliphatic rings. The predicted octanol–water partition coefficient (Wildman–Crippen LogP) is 3.46. The molecule has 4 heteroatoms. The van der Waals surface area contributed by atoms with Gasteiger partial charge in [0, 0.05) is 12.6 Å². The molecule has 0 N–H and O–H groups in total. The first kappa shape index (κ1) is 14.8. The van der Waals surface area contributed by atoms with Gasteiger partial charge >= 0.3 is 0 Å². The van der Waals surface area contributed by atoms with E-state index in [0.717, 1.165) is 5.56 Å². The molecule has 0 bridgehead atoms. The SMILES string of the molecule is CCN([C@H](C)c1ccccc1)S(=O)(=O)c1ccccc1. The molecular weight excluding hydrogens is 270 g/mol. The van der Waals surface area contributed by atoms with Crippen molar-refractivity contribution in [1.29, 1.82) is 0 Å². The van der Waals surface area contributed by atoms with Crippen LogP contribution in [0.25, 0.3) is 0 Å². The third-order valence-electron chi connectivity index (χ3n) is 3.38. The zero-order valence-electron chi connectivity index (χ0n) is 11.7. The van der Waals surface area contributed by atoms with E-state index in [1.54, 1.807) is 24.3 Å². The molecular formula is C16H19NO2S. The number of hydrogen-bond donors (Lipinski definition) is 0. The Labute approximate surface area is 120 Å². The molecule has 106 valence electrons. The summed E-state index contributed by atoms with van der Waals surface area (Å²) in [5, 5.41) is 0. The molecule has 0 spiro atoms. The molecule has 2 aromatic rings. The minimum Gasteiger partial charge on any atom is -0.207 e. The highest BCUT2D eigenvalue weighted by atomic mass is 32.2.